The quantitative estimate of drug-likeness (QED) is 0.780. The second-order valence-corrected chi connectivity index (χ2v) is 7.04. The SMILES string of the molecule is CC(=O)c1cccc(N2CCN(C(=O)Nc3cc(Cl)cc(Cl)c3)CC2)c1. The summed E-state index contributed by atoms with van der Waals surface area (Å²) in [7, 11) is 0. The standard InChI is InChI=1S/C19H19Cl2N3O2/c1-13(25)14-3-2-4-18(9-14)23-5-7-24(8-6-23)19(26)22-17-11-15(20)10-16(21)12-17/h2-4,9-12H,5-8H2,1H3,(H,22,26). The molecule has 2 aromatic rings. The molecule has 7 heteroatoms. The summed E-state index contributed by atoms with van der Waals surface area (Å²) in [5.41, 5.74) is 2.27. The Hall–Kier alpha value is -2.24. The highest BCUT2D eigenvalue weighted by molar-refractivity contribution is 6.35. The van der Waals surface area contributed by atoms with E-state index in [0.717, 1.165) is 5.69 Å². The van der Waals surface area contributed by atoms with Crippen molar-refractivity contribution < 1.29 is 9.59 Å². The lowest BCUT2D eigenvalue weighted by Gasteiger charge is -2.36. The summed E-state index contributed by atoms with van der Waals surface area (Å²) in [6, 6.07) is 12.3. The normalized spacial score (nSPS) is 14.3. The lowest BCUT2D eigenvalue weighted by Crippen LogP contribution is -2.50. The highest BCUT2D eigenvalue weighted by Gasteiger charge is 2.21. The second-order valence-electron chi connectivity index (χ2n) is 6.17. The molecule has 26 heavy (non-hydrogen) atoms. The largest absolute Gasteiger partial charge is 0.368 e. The third-order valence-corrected chi connectivity index (χ3v) is 4.73. The maximum Gasteiger partial charge on any atom is 0.321 e. The molecule has 0 aliphatic carbocycles. The molecule has 0 spiro atoms. The van der Waals surface area contributed by atoms with Crippen molar-refractivity contribution in [2.45, 2.75) is 6.92 Å². The van der Waals surface area contributed by atoms with Crippen molar-refractivity contribution in [2.24, 2.45) is 0 Å². The first-order valence-electron chi connectivity index (χ1n) is 8.30. The number of rotatable bonds is 3. The fourth-order valence-corrected chi connectivity index (χ4v) is 3.44. The zero-order chi connectivity index (χ0) is 18.7. The average Bonchev–Trinajstić information content (AvgIpc) is 2.61. The minimum atomic E-state index is -0.180. The van der Waals surface area contributed by atoms with E-state index in [4.69, 9.17) is 23.2 Å². The number of nitrogens with one attached hydrogen (secondary N) is 1. The lowest BCUT2D eigenvalue weighted by atomic mass is 10.1. The summed E-state index contributed by atoms with van der Waals surface area (Å²) in [5, 5.41) is 3.78. The van der Waals surface area contributed by atoms with E-state index in [1.807, 2.05) is 24.3 Å². The molecular formula is C19H19Cl2N3O2. The van der Waals surface area contributed by atoms with E-state index in [-0.39, 0.29) is 11.8 Å². The van der Waals surface area contributed by atoms with Crippen LogP contribution in [0.4, 0.5) is 16.2 Å². The van der Waals surface area contributed by atoms with Gasteiger partial charge in [-0.3, -0.25) is 4.79 Å². The van der Waals surface area contributed by atoms with Crippen LogP contribution in [0.2, 0.25) is 10.0 Å². The van der Waals surface area contributed by atoms with Gasteiger partial charge < -0.3 is 15.1 Å². The van der Waals surface area contributed by atoms with Crippen molar-refractivity contribution >= 4 is 46.4 Å². The third kappa shape index (κ3) is 4.48. The topological polar surface area (TPSA) is 52.7 Å². The smallest absolute Gasteiger partial charge is 0.321 e. The Morgan fingerprint density at radius 3 is 2.23 bits per heavy atom. The van der Waals surface area contributed by atoms with Gasteiger partial charge in [-0.05, 0) is 37.3 Å². The van der Waals surface area contributed by atoms with E-state index < -0.39 is 0 Å². The molecule has 1 aliphatic rings. The molecule has 136 valence electrons. The van der Waals surface area contributed by atoms with Gasteiger partial charge >= 0.3 is 6.03 Å². The van der Waals surface area contributed by atoms with E-state index in [1.54, 1.807) is 30.0 Å². The number of anilines is 2. The number of Topliss-reactive ketones (excluding diaryl/α,β-unsaturated/α-hetero) is 1. The van der Waals surface area contributed by atoms with Gasteiger partial charge in [-0.25, -0.2) is 4.79 Å². The van der Waals surface area contributed by atoms with Crippen LogP contribution < -0.4 is 10.2 Å². The van der Waals surface area contributed by atoms with Gasteiger partial charge in [-0.1, -0.05) is 35.3 Å². The number of urea groups is 1. The molecular weight excluding hydrogens is 373 g/mol. The fourth-order valence-electron chi connectivity index (χ4n) is 2.92. The van der Waals surface area contributed by atoms with Gasteiger partial charge in [0.05, 0.1) is 0 Å². The number of piperazine rings is 1. The number of hydrogen-bond donors (Lipinski definition) is 1. The maximum absolute atomic E-state index is 12.4. The summed E-state index contributed by atoms with van der Waals surface area (Å²) in [6.07, 6.45) is 0. The van der Waals surface area contributed by atoms with Gasteiger partial charge in [0, 0.05) is 53.2 Å². The van der Waals surface area contributed by atoms with E-state index in [1.165, 1.54) is 0 Å². The van der Waals surface area contributed by atoms with Gasteiger partial charge in [0.1, 0.15) is 0 Å². The Kier molecular flexibility index (Phi) is 5.69. The highest BCUT2D eigenvalue weighted by Crippen LogP contribution is 2.23. The molecule has 0 aromatic heterocycles. The van der Waals surface area contributed by atoms with E-state index in [0.29, 0.717) is 47.5 Å². The molecule has 1 aliphatic heterocycles. The van der Waals surface area contributed by atoms with Crippen LogP contribution in [0.15, 0.2) is 42.5 Å². The molecule has 1 fully saturated rings. The van der Waals surface area contributed by atoms with Gasteiger partial charge in [-0.15, -0.1) is 0 Å². The van der Waals surface area contributed by atoms with Crippen LogP contribution in [0.1, 0.15) is 17.3 Å². The Bertz CT molecular complexity index is 813. The average molecular weight is 392 g/mol. The summed E-state index contributed by atoms with van der Waals surface area (Å²) in [4.78, 5) is 27.9. The molecule has 1 N–H and O–H groups in total. The van der Waals surface area contributed by atoms with Gasteiger partial charge in [-0.2, -0.15) is 0 Å². The number of nitrogens with zero attached hydrogens (tertiary/aromatic N) is 2. The number of hydrogen-bond acceptors (Lipinski definition) is 3. The van der Waals surface area contributed by atoms with Crippen LogP contribution >= 0.6 is 23.2 Å². The molecule has 0 bridgehead atoms. The van der Waals surface area contributed by atoms with Gasteiger partial charge in [0.2, 0.25) is 0 Å². The predicted octanol–water partition coefficient (Wildman–Crippen LogP) is 4.55. The van der Waals surface area contributed by atoms with Crippen molar-refractivity contribution in [3.63, 3.8) is 0 Å². The van der Waals surface area contributed by atoms with Gasteiger partial charge in [0.25, 0.3) is 0 Å². The monoisotopic (exact) mass is 391 g/mol. The number of ketones is 1. The van der Waals surface area contributed by atoms with Crippen LogP contribution in [0, 0.1) is 0 Å². The molecule has 2 aromatic carbocycles. The first kappa shape index (κ1) is 18.5. The molecule has 5 nitrogen and oxygen atoms in total. The molecule has 0 saturated carbocycles. The first-order valence-corrected chi connectivity index (χ1v) is 9.06. The molecule has 0 unspecified atom stereocenters. The molecule has 2 amide bonds. The summed E-state index contributed by atoms with van der Waals surface area (Å²) >= 11 is 11.9. The maximum atomic E-state index is 12.4. The van der Waals surface area contributed by atoms with Crippen LogP contribution in [-0.2, 0) is 0 Å². The first-order chi connectivity index (χ1) is 12.4. The fraction of sp³-hybridized carbons (Fsp3) is 0.263. The Balaban J connectivity index is 1.60. The van der Waals surface area contributed by atoms with Crippen molar-refractivity contribution in [3.8, 4) is 0 Å². The van der Waals surface area contributed by atoms with E-state index >= 15 is 0 Å². The Morgan fingerprint density at radius 2 is 1.62 bits per heavy atom. The summed E-state index contributed by atoms with van der Waals surface area (Å²) in [5.74, 6) is 0.0463. The minimum Gasteiger partial charge on any atom is -0.368 e. The zero-order valence-electron chi connectivity index (χ0n) is 14.3. The number of amides is 2. The predicted molar refractivity (Wildman–Crippen MR) is 106 cm³/mol. The summed E-state index contributed by atoms with van der Waals surface area (Å²) < 4.78 is 0. The Labute approximate surface area is 162 Å². The molecule has 3 rings (SSSR count). The number of carbonyl (C=O) groups is 2. The van der Waals surface area contributed by atoms with Crippen molar-refractivity contribution in [3.05, 3.63) is 58.1 Å². The number of halogens is 2. The van der Waals surface area contributed by atoms with Crippen molar-refractivity contribution in [2.75, 3.05) is 36.4 Å². The molecule has 1 saturated heterocycles. The van der Waals surface area contributed by atoms with Crippen LogP contribution in [0.25, 0.3) is 0 Å². The lowest BCUT2D eigenvalue weighted by molar-refractivity contribution is 0.101. The van der Waals surface area contributed by atoms with Crippen molar-refractivity contribution in [1.82, 2.24) is 4.90 Å². The molecule has 0 radical (unpaired) electrons. The van der Waals surface area contributed by atoms with Crippen LogP contribution in [0.3, 0.4) is 0 Å². The molecule has 1 heterocycles. The number of carbonyl (C=O) groups excluding carboxylic acids is 2. The van der Waals surface area contributed by atoms with E-state index in [2.05, 4.69) is 10.2 Å². The minimum absolute atomic E-state index is 0.0463. The zero-order valence-corrected chi connectivity index (χ0v) is 15.8. The highest BCUT2D eigenvalue weighted by atomic mass is 35.5. The van der Waals surface area contributed by atoms with Crippen LogP contribution in [-0.4, -0.2) is 42.9 Å². The Morgan fingerprint density at radius 1 is 0.962 bits per heavy atom. The summed E-state index contributed by atoms with van der Waals surface area (Å²) in [6.45, 7) is 4.13. The molecule has 0 atom stereocenters. The second kappa shape index (κ2) is 7.98. The van der Waals surface area contributed by atoms with Crippen LogP contribution in [0.5, 0.6) is 0 Å². The third-order valence-electron chi connectivity index (χ3n) is 4.30. The number of benzene rings is 2. The van der Waals surface area contributed by atoms with Crippen molar-refractivity contribution in [1.29, 1.82) is 0 Å². The van der Waals surface area contributed by atoms with E-state index in [9.17, 15) is 9.59 Å². The van der Waals surface area contributed by atoms with Gasteiger partial charge in [0.15, 0.2) is 5.78 Å².